The number of allylic oxidation sites excluding steroid dienone is 2. The maximum Gasteiger partial charge on any atom is 0.161 e. The van der Waals surface area contributed by atoms with Crippen LogP contribution in [-0.2, 0) is 4.79 Å². The Bertz CT molecular complexity index is 1020. The molecule has 1 atom stereocenters. The fraction of sp³-hybridized carbons (Fsp3) is 0.182. The summed E-state index contributed by atoms with van der Waals surface area (Å²) in [6, 6.07) is 18.6. The summed E-state index contributed by atoms with van der Waals surface area (Å²) < 4.78 is 0. The number of pyridine rings is 1. The largest absolute Gasteiger partial charge is 0.358 e. The molecule has 0 saturated carbocycles. The number of anilines is 1. The number of carbonyl (C=O) groups excluding carboxylic acids is 1. The zero-order valence-corrected chi connectivity index (χ0v) is 13.8. The first-order valence-electron chi connectivity index (χ1n) is 8.79. The number of rotatable bonds is 1. The molecule has 2 aliphatic rings. The smallest absolute Gasteiger partial charge is 0.161 e. The Balaban J connectivity index is 1.81. The Hall–Kier alpha value is -2.94. The number of nitrogens with zero attached hydrogens (tertiary/aromatic N) is 1. The first kappa shape index (κ1) is 14.4. The van der Waals surface area contributed by atoms with Gasteiger partial charge in [-0.15, -0.1) is 0 Å². The monoisotopic (exact) mass is 326 g/mol. The molecule has 5 rings (SSSR count). The fourth-order valence-electron chi connectivity index (χ4n) is 4.18. The van der Waals surface area contributed by atoms with Crippen LogP contribution in [0.5, 0.6) is 0 Å². The van der Waals surface area contributed by atoms with Gasteiger partial charge in [0.1, 0.15) is 0 Å². The van der Waals surface area contributed by atoms with Gasteiger partial charge in [0.05, 0.1) is 11.2 Å². The standard InChI is InChI=1S/C22H18N2O/c25-19-10-4-9-18-21(19)20(14-6-2-1-3-7-14)16-11-12-17-15(22(16)24-18)8-5-13-23-17/h1-3,5-8,11-13,20,24H,4,9-10H2. The molecule has 1 aliphatic heterocycles. The van der Waals surface area contributed by atoms with Crippen LogP contribution in [0.4, 0.5) is 5.69 Å². The Kier molecular flexibility index (Phi) is 3.20. The van der Waals surface area contributed by atoms with E-state index in [0.717, 1.165) is 40.7 Å². The van der Waals surface area contributed by atoms with Gasteiger partial charge in [0.25, 0.3) is 0 Å². The van der Waals surface area contributed by atoms with E-state index in [1.165, 1.54) is 11.1 Å². The van der Waals surface area contributed by atoms with E-state index in [0.29, 0.717) is 6.42 Å². The third-order valence-electron chi connectivity index (χ3n) is 5.28. The minimum Gasteiger partial charge on any atom is -0.358 e. The number of carbonyl (C=O) groups is 1. The molecule has 2 aromatic carbocycles. The minimum atomic E-state index is 0.00450. The van der Waals surface area contributed by atoms with E-state index in [1.54, 1.807) is 0 Å². The Morgan fingerprint density at radius 3 is 2.72 bits per heavy atom. The summed E-state index contributed by atoms with van der Waals surface area (Å²) in [4.78, 5) is 17.3. The first-order valence-corrected chi connectivity index (χ1v) is 8.79. The molecule has 3 aromatic rings. The SMILES string of the molecule is O=C1CCCC2=C1C(c1ccccc1)c1ccc3ncccc3c1N2. The van der Waals surface area contributed by atoms with E-state index in [4.69, 9.17) is 0 Å². The lowest BCUT2D eigenvalue weighted by molar-refractivity contribution is -0.116. The third-order valence-corrected chi connectivity index (χ3v) is 5.28. The van der Waals surface area contributed by atoms with Gasteiger partial charge in [-0.05, 0) is 42.2 Å². The van der Waals surface area contributed by atoms with Crippen LogP contribution in [0.25, 0.3) is 10.9 Å². The normalized spacial score (nSPS) is 19.4. The summed E-state index contributed by atoms with van der Waals surface area (Å²) >= 11 is 0. The average molecular weight is 326 g/mol. The summed E-state index contributed by atoms with van der Waals surface area (Å²) in [5.41, 5.74) is 6.47. The second kappa shape index (κ2) is 5.55. The first-order chi connectivity index (χ1) is 12.3. The van der Waals surface area contributed by atoms with Crippen LogP contribution in [0.3, 0.4) is 0 Å². The number of benzene rings is 2. The van der Waals surface area contributed by atoms with Crippen molar-refractivity contribution < 1.29 is 4.79 Å². The zero-order chi connectivity index (χ0) is 16.8. The highest BCUT2D eigenvalue weighted by atomic mass is 16.1. The van der Waals surface area contributed by atoms with E-state index in [2.05, 4.69) is 40.6 Å². The van der Waals surface area contributed by atoms with Crippen molar-refractivity contribution in [2.24, 2.45) is 0 Å². The van der Waals surface area contributed by atoms with Crippen LogP contribution in [0, 0.1) is 0 Å². The highest BCUT2D eigenvalue weighted by Crippen LogP contribution is 2.47. The van der Waals surface area contributed by atoms with Crippen LogP contribution in [-0.4, -0.2) is 10.8 Å². The molecule has 3 nitrogen and oxygen atoms in total. The van der Waals surface area contributed by atoms with Gasteiger partial charge in [0.2, 0.25) is 0 Å². The second-order valence-electron chi connectivity index (χ2n) is 6.74. The quantitative estimate of drug-likeness (QED) is 0.698. The molecule has 0 saturated heterocycles. The molecule has 1 N–H and O–H groups in total. The number of Topliss-reactive ketones (excluding diaryl/α,β-unsaturated/α-hetero) is 1. The Labute approximate surface area is 146 Å². The topological polar surface area (TPSA) is 42.0 Å². The molecule has 1 unspecified atom stereocenters. The molecular formula is C22H18N2O. The number of fused-ring (bicyclic) bond motifs is 3. The second-order valence-corrected chi connectivity index (χ2v) is 6.74. The van der Waals surface area contributed by atoms with E-state index in [9.17, 15) is 4.79 Å². The molecular weight excluding hydrogens is 308 g/mol. The van der Waals surface area contributed by atoms with E-state index >= 15 is 0 Å². The number of hydrogen-bond donors (Lipinski definition) is 1. The minimum absolute atomic E-state index is 0.00450. The molecule has 0 fully saturated rings. The third kappa shape index (κ3) is 2.19. The van der Waals surface area contributed by atoms with Crippen molar-refractivity contribution >= 4 is 22.4 Å². The molecule has 1 aromatic heterocycles. The van der Waals surface area contributed by atoms with Crippen LogP contribution in [0.1, 0.15) is 36.3 Å². The Morgan fingerprint density at radius 2 is 1.84 bits per heavy atom. The van der Waals surface area contributed by atoms with Crippen LogP contribution in [0.2, 0.25) is 0 Å². The molecule has 0 spiro atoms. The van der Waals surface area contributed by atoms with Gasteiger partial charge in [0, 0.05) is 35.2 Å². The van der Waals surface area contributed by atoms with Gasteiger partial charge in [-0.3, -0.25) is 9.78 Å². The summed E-state index contributed by atoms with van der Waals surface area (Å²) in [6.07, 6.45) is 4.32. The van der Waals surface area contributed by atoms with Gasteiger partial charge in [-0.2, -0.15) is 0 Å². The summed E-state index contributed by atoms with van der Waals surface area (Å²) in [7, 11) is 0. The van der Waals surface area contributed by atoms with E-state index < -0.39 is 0 Å². The lowest BCUT2D eigenvalue weighted by Crippen LogP contribution is -2.27. The number of hydrogen-bond acceptors (Lipinski definition) is 3. The highest BCUT2D eigenvalue weighted by molar-refractivity contribution is 6.04. The molecule has 122 valence electrons. The summed E-state index contributed by atoms with van der Waals surface area (Å²) in [5, 5.41) is 4.71. The lowest BCUT2D eigenvalue weighted by Gasteiger charge is -2.34. The predicted molar refractivity (Wildman–Crippen MR) is 99.5 cm³/mol. The maximum absolute atomic E-state index is 12.8. The van der Waals surface area contributed by atoms with E-state index in [-0.39, 0.29) is 11.7 Å². The van der Waals surface area contributed by atoms with Crippen molar-refractivity contribution in [1.82, 2.24) is 4.98 Å². The maximum atomic E-state index is 12.8. The van der Waals surface area contributed by atoms with Crippen molar-refractivity contribution in [3.8, 4) is 0 Å². The van der Waals surface area contributed by atoms with Crippen LogP contribution < -0.4 is 5.32 Å². The zero-order valence-electron chi connectivity index (χ0n) is 13.8. The number of aromatic nitrogens is 1. The summed E-state index contributed by atoms with van der Waals surface area (Å²) in [6.45, 7) is 0. The van der Waals surface area contributed by atoms with Crippen LogP contribution in [0.15, 0.2) is 72.1 Å². The van der Waals surface area contributed by atoms with Crippen molar-refractivity contribution in [3.05, 3.63) is 83.2 Å². The average Bonchev–Trinajstić information content (AvgIpc) is 2.67. The summed E-state index contributed by atoms with van der Waals surface area (Å²) in [5.74, 6) is 0.282. The molecule has 0 amide bonds. The van der Waals surface area contributed by atoms with Crippen molar-refractivity contribution in [2.45, 2.75) is 25.2 Å². The highest BCUT2D eigenvalue weighted by Gasteiger charge is 2.35. The Morgan fingerprint density at radius 1 is 0.960 bits per heavy atom. The molecule has 25 heavy (non-hydrogen) atoms. The fourth-order valence-corrected chi connectivity index (χ4v) is 4.18. The van der Waals surface area contributed by atoms with E-state index in [1.807, 2.05) is 30.5 Å². The molecule has 1 aliphatic carbocycles. The molecule has 0 radical (unpaired) electrons. The van der Waals surface area contributed by atoms with Gasteiger partial charge in [-0.1, -0.05) is 36.4 Å². The molecule has 0 bridgehead atoms. The molecule has 2 heterocycles. The predicted octanol–water partition coefficient (Wildman–Crippen LogP) is 4.80. The number of nitrogens with one attached hydrogen (secondary N) is 1. The van der Waals surface area contributed by atoms with Gasteiger partial charge in [-0.25, -0.2) is 0 Å². The van der Waals surface area contributed by atoms with Crippen molar-refractivity contribution in [1.29, 1.82) is 0 Å². The van der Waals surface area contributed by atoms with Crippen molar-refractivity contribution in [3.63, 3.8) is 0 Å². The van der Waals surface area contributed by atoms with Gasteiger partial charge < -0.3 is 5.32 Å². The van der Waals surface area contributed by atoms with Gasteiger partial charge in [0.15, 0.2) is 5.78 Å². The van der Waals surface area contributed by atoms with Crippen molar-refractivity contribution in [2.75, 3.05) is 5.32 Å². The van der Waals surface area contributed by atoms with Crippen LogP contribution >= 0.6 is 0 Å². The lowest BCUT2D eigenvalue weighted by atomic mass is 9.75. The molecule has 3 heteroatoms. The van der Waals surface area contributed by atoms with Gasteiger partial charge >= 0.3 is 0 Å². The number of ketones is 1.